The van der Waals surface area contributed by atoms with E-state index in [0.717, 1.165) is 31.1 Å². The molecule has 4 aliphatic rings. The number of benzene rings is 1. The lowest BCUT2D eigenvalue weighted by atomic mass is 9.44. The molecule has 0 aromatic heterocycles. The number of aliphatic carboxylic acids is 2. The molecule has 0 saturated heterocycles. The molecule has 4 amide bonds. The fraction of sp³-hybridized carbons (Fsp3) is 0.745. The van der Waals surface area contributed by atoms with Crippen LogP contribution in [0.4, 0.5) is 0 Å². The van der Waals surface area contributed by atoms with E-state index in [1.807, 2.05) is 0 Å². The van der Waals surface area contributed by atoms with Gasteiger partial charge in [-0.3, -0.25) is 19.2 Å². The van der Waals surface area contributed by atoms with Crippen molar-refractivity contribution in [3.63, 3.8) is 0 Å². The van der Waals surface area contributed by atoms with Gasteiger partial charge in [-0.1, -0.05) is 32.9 Å². The summed E-state index contributed by atoms with van der Waals surface area (Å²) in [4.78, 5) is 75.0. The number of unbranched alkanes of at least 4 members (excludes halogenated alkanes) is 1. The van der Waals surface area contributed by atoms with Crippen LogP contribution in [0.15, 0.2) is 24.3 Å². The molecule has 16 nitrogen and oxygen atoms in total. The lowest BCUT2D eigenvalue weighted by Gasteiger charge is -2.61. The minimum absolute atomic E-state index is 0.0425. The van der Waals surface area contributed by atoms with Crippen molar-refractivity contribution in [2.75, 3.05) is 20.1 Å². The summed E-state index contributed by atoms with van der Waals surface area (Å²) in [6, 6.07) is 2.42. The molecule has 0 spiro atoms. The van der Waals surface area contributed by atoms with Crippen molar-refractivity contribution in [1.29, 1.82) is 0 Å². The highest BCUT2D eigenvalue weighted by Crippen LogP contribution is 2.68. The predicted molar refractivity (Wildman–Crippen MR) is 241 cm³/mol. The second kappa shape index (κ2) is 22.9. The van der Waals surface area contributed by atoms with Crippen molar-refractivity contribution in [3.8, 4) is 0 Å². The monoisotopic (exact) mass is 896 g/mol. The van der Waals surface area contributed by atoms with Gasteiger partial charge < -0.3 is 52.0 Å². The molecule has 1 aromatic carbocycles. The zero-order valence-corrected chi connectivity index (χ0v) is 38.3. The summed E-state index contributed by atoms with van der Waals surface area (Å²) >= 11 is 0. The Labute approximate surface area is 378 Å². The fourth-order valence-corrected chi connectivity index (χ4v) is 12.5. The Balaban J connectivity index is 0.963. The van der Waals surface area contributed by atoms with Crippen molar-refractivity contribution in [2.45, 2.75) is 154 Å². The van der Waals surface area contributed by atoms with E-state index in [-0.39, 0.29) is 73.1 Å². The zero-order chi connectivity index (χ0) is 46.8. The number of carboxylic acid groups (broad SMARTS) is 2. The minimum atomic E-state index is -1.67. The highest BCUT2D eigenvalue weighted by atomic mass is 16.4. The van der Waals surface area contributed by atoms with Crippen LogP contribution in [0.1, 0.15) is 140 Å². The number of nitrogens with one attached hydrogen (secondary N) is 5. The van der Waals surface area contributed by atoms with Crippen molar-refractivity contribution >= 4 is 48.1 Å². The first-order valence-electron chi connectivity index (χ1n) is 23.8. The quantitative estimate of drug-likeness (QED) is 0.0562. The number of carboxylic acids is 2. The van der Waals surface area contributed by atoms with Gasteiger partial charge in [-0.15, -0.1) is 0 Å². The molecule has 4 aliphatic carbocycles. The lowest BCUT2D eigenvalue weighted by molar-refractivity contribution is -0.142. The maximum atomic E-state index is 13.1. The second-order valence-electron chi connectivity index (χ2n) is 20.0. The molecule has 5 rings (SSSR count). The van der Waals surface area contributed by atoms with Gasteiger partial charge in [0.2, 0.25) is 17.7 Å². The third-order valence-electron chi connectivity index (χ3n) is 16.2. The van der Waals surface area contributed by atoms with Crippen LogP contribution in [0.2, 0.25) is 0 Å². The normalized spacial score (nSPS) is 29.0. The average molecular weight is 896 g/mol. The molecule has 0 bridgehead atoms. The number of likely N-dealkylation sites (N-methyl/N-ethyl adjacent to an activating group) is 1. The molecular formula is C47H74BN5O11. The van der Waals surface area contributed by atoms with E-state index in [4.69, 9.17) is 0 Å². The first-order valence-corrected chi connectivity index (χ1v) is 23.8. The van der Waals surface area contributed by atoms with Crippen molar-refractivity contribution < 1.29 is 54.1 Å². The molecule has 356 valence electrons. The van der Waals surface area contributed by atoms with Gasteiger partial charge in [0.15, 0.2) is 0 Å². The van der Waals surface area contributed by atoms with Gasteiger partial charge in [0.05, 0.1) is 12.1 Å². The Kier molecular flexibility index (Phi) is 18.2. The zero-order valence-electron chi connectivity index (χ0n) is 38.3. The summed E-state index contributed by atoms with van der Waals surface area (Å²) in [5.74, 6) is -0.490. The maximum absolute atomic E-state index is 13.1. The van der Waals surface area contributed by atoms with E-state index in [0.29, 0.717) is 54.8 Å². The van der Waals surface area contributed by atoms with Crippen LogP contribution in [-0.4, -0.2) is 112 Å². The molecule has 0 radical (unpaired) electrons. The standard InChI is InChI=1S/C47H74BN5O11/c1-28(34-15-16-35-33-14-11-30-27-32(54)20-23-46(30,2)36(33)21-24-47(34,35)3)8-18-41(56)52-38(44(59)60)17-19-40(55)50-25-6-5-7-37(49-4)43(58)53-39(45(61)62)22-26-51-42(57)29-9-12-31(13-10-29)48(63)64/h9-10,12-13,28,30,32-39,49,54,63-64H,5-8,11,14-27H2,1-4H3,(H,50,55)(H,51,57)(H,52,56)(H,53,58)(H,59,60)(H,61,62)/t28?,30-,32-,33?,34?,35?,36?,37?,38?,39?,46+,47-/m0/s1. The fourth-order valence-electron chi connectivity index (χ4n) is 12.5. The number of amides is 4. The van der Waals surface area contributed by atoms with Crippen LogP contribution < -0.4 is 32.0 Å². The second-order valence-corrected chi connectivity index (χ2v) is 20.0. The lowest BCUT2D eigenvalue weighted by Crippen LogP contribution is -2.54. The smallest absolute Gasteiger partial charge is 0.480 e. The van der Waals surface area contributed by atoms with Crippen LogP contribution in [-0.2, 0) is 24.0 Å². The first-order chi connectivity index (χ1) is 30.4. The van der Waals surface area contributed by atoms with Crippen molar-refractivity contribution in [2.24, 2.45) is 46.3 Å². The largest absolute Gasteiger partial charge is 0.488 e. The minimum Gasteiger partial charge on any atom is -0.480 e. The predicted octanol–water partition coefficient (Wildman–Crippen LogP) is 2.72. The first kappa shape index (κ1) is 50.9. The molecule has 4 saturated carbocycles. The molecule has 4 fully saturated rings. The van der Waals surface area contributed by atoms with Gasteiger partial charge in [-0.05, 0) is 167 Å². The summed E-state index contributed by atoms with van der Waals surface area (Å²) < 4.78 is 0. The SMILES string of the molecule is CNC(CCCCNC(=O)CCC(NC(=O)CCC(C)C1CCC2C3CC[C@H]4C[C@@H](O)CC[C@@]4(C)C3CC[C@@]12C)C(=O)O)C(=O)NC(CCNC(=O)c1ccc(B(O)O)cc1)C(=O)O. The van der Waals surface area contributed by atoms with E-state index < -0.39 is 49.0 Å². The van der Waals surface area contributed by atoms with E-state index >= 15 is 0 Å². The molecule has 0 heterocycles. The van der Waals surface area contributed by atoms with E-state index in [1.165, 1.54) is 62.8 Å². The number of fused-ring (bicyclic) bond motifs is 5. The van der Waals surface area contributed by atoms with E-state index in [9.17, 15) is 54.1 Å². The molecule has 1 aromatic rings. The molecule has 17 heteroatoms. The van der Waals surface area contributed by atoms with Crippen LogP contribution in [0.3, 0.4) is 0 Å². The molecule has 0 aliphatic heterocycles. The van der Waals surface area contributed by atoms with E-state index in [1.54, 1.807) is 7.05 Å². The van der Waals surface area contributed by atoms with Gasteiger partial charge in [-0.25, -0.2) is 9.59 Å². The van der Waals surface area contributed by atoms with Crippen LogP contribution >= 0.6 is 0 Å². The van der Waals surface area contributed by atoms with E-state index in [2.05, 4.69) is 47.4 Å². The summed E-state index contributed by atoms with van der Waals surface area (Å²) in [5.41, 5.74) is 1.04. The third kappa shape index (κ3) is 12.6. The molecule has 10 N–H and O–H groups in total. The van der Waals surface area contributed by atoms with Gasteiger partial charge in [0, 0.05) is 31.5 Å². The Morgan fingerprint density at radius 1 is 0.719 bits per heavy atom. The van der Waals surface area contributed by atoms with Crippen LogP contribution in [0.25, 0.3) is 0 Å². The molecular weight excluding hydrogens is 821 g/mol. The Morgan fingerprint density at radius 2 is 1.38 bits per heavy atom. The van der Waals surface area contributed by atoms with Gasteiger partial charge in [0.1, 0.15) is 12.1 Å². The van der Waals surface area contributed by atoms with Crippen LogP contribution in [0, 0.1) is 46.3 Å². The average Bonchev–Trinajstić information content (AvgIpc) is 3.62. The topological polar surface area (TPSA) is 264 Å². The highest BCUT2D eigenvalue weighted by Gasteiger charge is 2.60. The molecule has 8 unspecified atom stereocenters. The van der Waals surface area contributed by atoms with Gasteiger partial charge in [-0.2, -0.15) is 0 Å². The van der Waals surface area contributed by atoms with Crippen molar-refractivity contribution in [3.05, 3.63) is 29.8 Å². The Morgan fingerprint density at radius 3 is 2.05 bits per heavy atom. The summed E-state index contributed by atoms with van der Waals surface area (Å²) in [6.45, 7) is 7.51. The summed E-state index contributed by atoms with van der Waals surface area (Å²) in [6.07, 6.45) is 12.3. The maximum Gasteiger partial charge on any atom is 0.488 e. The van der Waals surface area contributed by atoms with Crippen molar-refractivity contribution in [1.82, 2.24) is 26.6 Å². The number of rotatable bonds is 23. The number of hydrogen-bond donors (Lipinski definition) is 10. The number of hydrogen-bond acceptors (Lipinski definition) is 10. The number of carbonyl (C=O) groups is 6. The molecule has 64 heavy (non-hydrogen) atoms. The van der Waals surface area contributed by atoms with Gasteiger partial charge >= 0.3 is 19.1 Å². The van der Waals surface area contributed by atoms with Gasteiger partial charge in [0.25, 0.3) is 5.91 Å². The molecule has 12 atom stereocenters. The summed E-state index contributed by atoms with van der Waals surface area (Å²) in [5, 5.41) is 61.8. The van der Waals surface area contributed by atoms with Crippen LogP contribution in [0.5, 0.6) is 0 Å². The summed E-state index contributed by atoms with van der Waals surface area (Å²) in [7, 11) is -0.0952. The third-order valence-corrected chi connectivity index (χ3v) is 16.2. The number of aliphatic hydroxyl groups is 1. The Bertz CT molecular complexity index is 1780. The number of carbonyl (C=O) groups excluding carboxylic acids is 4. The highest BCUT2D eigenvalue weighted by molar-refractivity contribution is 6.58. The number of aliphatic hydroxyl groups excluding tert-OH is 1. The Hall–Kier alpha value is -4.06.